The lowest BCUT2D eigenvalue weighted by Gasteiger charge is -2.36. The third-order valence-electron chi connectivity index (χ3n) is 4.35. The molecule has 0 amide bonds. The lowest BCUT2D eigenvalue weighted by molar-refractivity contribution is -0.133. The fourth-order valence-corrected chi connectivity index (χ4v) is 3.89. The molecule has 2 fully saturated rings. The van der Waals surface area contributed by atoms with Gasteiger partial charge in [0.2, 0.25) is 0 Å². The predicted molar refractivity (Wildman–Crippen MR) is 80.7 cm³/mol. The summed E-state index contributed by atoms with van der Waals surface area (Å²) < 4.78 is 2.25. The molecular weight excluding hydrogens is 288 g/mol. The van der Waals surface area contributed by atoms with Gasteiger partial charge in [0.15, 0.2) is 5.16 Å². The zero-order valence-electron chi connectivity index (χ0n) is 12.5. The number of aliphatic carboxylic acids is 1. The van der Waals surface area contributed by atoms with E-state index < -0.39 is 5.97 Å². The van der Waals surface area contributed by atoms with E-state index in [1.165, 1.54) is 24.6 Å². The molecule has 1 aromatic rings. The Bertz CT molecular complexity index is 529. The third-order valence-corrected chi connectivity index (χ3v) is 5.28. The van der Waals surface area contributed by atoms with Gasteiger partial charge in [-0.1, -0.05) is 18.7 Å². The zero-order valence-corrected chi connectivity index (χ0v) is 13.3. The molecule has 0 spiro atoms. The van der Waals surface area contributed by atoms with E-state index in [0.717, 1.165) is 30.5 Å². The van der Waals surface area contributed by atoms with E-state index in [1.807, 2.05) is 0 Å². The van der Waals surface area contributed by atoms with Gasteiger partial charge in [-0.25, -0.2) is 0 Å². The van der Waals surface area contributed by atoms with Crippen LogP contribution in [0.5, 0.6) is 0 Å². The van der Waals surface area contributed by atoms with Crippen molar-refractivity contribution in [3.8, 4) is 0 Å². The molecule has 21 heavy (non-hydrogen) atoms. The highest BCUT2D eigenvalue weighted by Crippen LogP contribution is 2.43. The number of piperidine rings is 1. The molecule has 1 aliphatic heterocycles. The summed E-state index contributed by atoms with van der Waals surface area (Å²) in [6, 6.07) is 0.392. The molecular formula is C14H22N4O2S. The van der Waals surface area contributed by atoms with Crippen LogP contribution < -0.4 is 0 Å². The number of likely N-dealkylation sites (tertiary alicyclic amines) is 1. The highest BCUT2D eigenvalue weighted by atomic mass is 32.2. The van der Waals surface area contributed by atoms with E-state index in [9.17, 15) is 4.79 Å². The van der Waals surface area contributed by atoms with Gasteiger partial charge in [-0.15, -0.1) is 10.2 Å². The van der Waals surface area contributed by atoms with Gasteiger partial charge in [0.1, 0.15) is 5.82 Å². The molecule has 0 aromatic carbocycles. The molecule has 0 radical (unpaired) electrons. The Morgan fingerprint density at radius 1 is 1.38 bits per heavy atom. The molecule has 7 heteroatoms. The standard InChI is InChI=1S/C14H22N4O2S/c1-9-7-17(2)6-5-11(9)18-13(10-3-4-10)15-16-14(18)21-8-12(19)20/h9-11H,3-8H2,1-2H3,(H,19,20). The van der Waals surface area contributed by atoms with Gasteiger partial charge >= 0.3 is 5.97 Å². The number of carboxylic acid groups (broad SMARTS) is 1. The first-order chi connectivity index (χ1) is 10.1. The van der Waals surface area contributed by atoms with Crippen LogP contribution in [0.25, 0.3) is 0 Å². The fraction of sp³-hybridized carbons (Fsp3) is 0.786. The maximum Gasteiger partial charge on any atom is 0.313 e. The van der Waals surface area contributed by atoms with Crippen LogP contribution in [0.4, 0.5) is 0 Å². The van der Waals surface area contributed by atoms with E-state index >= 15 is 0 Å². The molecule has 1 aliphatic carbocycles. The van der Waals surface area contributed by atoms with Gasteiger partial charge < -0.3 is 14.6 Å². The molecule has 2 aliphatic rings. The van der Waals surface area contributed by atoms with Gasteiger partial charge in [0.25, 0.3) is 0 Å². The molecule has 6 nitrogen and oxygen atoms in total. The van der Waals surface area contributed by atoms with Crippen molar-refractivity contribution >= 4 is 17.7 Å². The normalized spacial score (nSPS) is 27.0. The van der Waals surface area contributed by atoms with Crippen molar-refractivity contribution in [3.63, 3.8) is 0 Å². The monoisotopic (exact) mass is 310 g/mol. The molecule has 1 N–H and O–H groups in total. The third kappa shape index (κ3) is 3.23. The lowest BCUT2D eigenvalue weighted by Crippen LogP contribution is -2.38. The zero-order chi connectivity index (χ0) is 15.0. The minimum absolute atomic E-state index is 0.0454. The van der Waals surface area contributed by atoms with Crippen molar-refractivity contribution in [1.29, 1.82) is 0 Å². The van der Waals surface area contributed by atoms with Crippen LogP contribution in [0.3, 0.4) is 0 Å². The molecule has 2 atom stereocenters. The molecule has 116 valence electrons. The van der Waals surface area contributed by atoms with E-state index in [4.69, 9.17) is 5.11 Å². The number of thioether (sulfide) groups is 1. The SMILES string of the molecule is CC1CN(C)CCC1n1c(SCC(=O)O)nnc1C1CC1. The predicted octanol–water partition coefficient (Wildman–Crippen LogP) is 1.84. The first kappa shape index (κ1) is 14.8. The topological polar surface area (TPSA) is 71.2 Å². The largest absolute Gasteiger partial charge is 0.481 e. The number of hydrogen-bond acceptors (Lipinski definition) is 5. The number of hydrogen-bond donors (Lipinski definition) is 1. The van der Waals surface area contributed by atoms with Gasteiger partial charge in [-0.05, 0) is 38.8 Å². The summed E-state index contributed by atoms with van der Waals surface area (Å²) >= 11 is 1.29. The summed E-state index contributed by atoms with van der Waals surface area (Å²) in [7, 11) is 2.15. The van der Waals surface area contributed by atoms with E-state index in [1.54, 1.807) is 0 Å². The molecule has 1 aromatic heterocycles. The second-order valence-corrected chi connectivity index (χ2v) is 7.21. The molecule has 1 saturated carbocycles. The molecule has 3 rings (SSSR count). The van der Waals surface area contributed by atoms with Crippen LogP contribution in [0.15, 0.2) is 5.16 Å². The van der Waals surface area contributed by atoms with Gasteiger partial charge in [0, 0.05) is 18.5 Å². The van der Waals surface area contributed by atoms with Crippen LogP contribution in [0.2, 0.25) is 0 Å². The van der Waals surface area contributed by atoms with Crippen LogP contribution in [-0.2, 0) is 4.79 Å². The Morgan fingerprint density at radius 3 is 2.76 bits per heavy atom. The molecule has 1 saturated heterocycles. The Hall–Kier alpha value is -1.08. The van der Waals surface area contributed by atoms with Crippen molar-refractivity contribution in [2.24, 2.45) is 5.92 Å². The van der Waals surface area contributed by atoms with Crippen molar-refractivity contribution in [2.45, 2.75) is 43.3 Å². The minimum atomic E-state index is -0.807. The summed E-state index contributed by atoms with van der Waals surface area (Å²) in [4.78, 5) is 13.2. The molecule has 0 bridgehead atoms. The van der Waals surface area contributed by atoms with Crippen LogP contribution >= 0.6 is 11.8 Å². The van der Waals surface area contributed by atoms with E-state index in [0.29, 0.717) is 17.9 Å². The molecule has 2 unspecified atom stereocenters. The Labute approximate surface area is 128 Å². The maximum atomic E-state index is 10.8. The highest BCUT2D eigenvalue weighted by molar-refractivity contribution is 7.99. The average molecular weight is 310 g/mol. The van der Waals surface area contributed by atoms with Gasteiger partial charge in [-0.2, -0.15) is 0 Å². The number of rotatable bonds is 5. The van der Waals surface area contributed by atoms with Gasteiger partial charge in [-0.3, -0.25) is 4.79 Å². The second kappa shape index (κ2) is 5.96. The summed E-state index contributed by atoms with van der Waals surface area (Å²) in [5.74, 6) is 1.37. The van der Waals surface area contributed by atoms with Crippen LogP contribution in [0.1, 0.15) is 44.0 Å². The van der Waals surface area contributed by atoms with Crippen molar-refractivity contribution < 1.29 is 9.90 Å². The first-order valence-corrected chi connectivity index (χ1v) is 8.52. The van der Waals surface area contributed by atoms with Crippen molar-refractivity contribution in [1.82, 2.24) is 19.7 Å². The van der Waals surface area contributed by atoms with Crippen molar-refractivity contribution in [3.05, 3.63) is 5.82 Å². The van der Waals surface area contributed by atoms with Gasteiger partial charge in [0.05, 0.1) is 5.75 Å². The summed E-state index contributed by atoms with van der Waals surface area (Å²) in [6.45, 7) is 4.40. The quantitative estimate of drug-likeness (QED) is 0.837. The first-order valence-electron chi connectivity index (χ1n) is 7.54. The number of carboxylic acids is 1. The Balaban J connectivity index is 1.86. The van der Waals surface area contributed by atoms with Crippen molar-refractivity contribution in [2.75, 3.05) is 25.9 Å². The number of nitrogens with zero attached hydrogens (tertiary/aromatic N) is 4. The second-order valence-electron chi connectivity index (χ2n) is 6.26. The Kier molecular flexibility index (Phi) is 4.21. The number of aromatic nitrogens is 3. The summed E-state index contributed by atoms with van der Waals surface area (Å²) in [6.07, 6.45) is 3.45. The van der Waals surface area contributed by atoms with Crippen LogP contribution in [0, 0.1) is 5.92 Å². The van der Waals surface area contributed by atoms with Crippen LogP contribution in [-0.4, -0.2) is 56.6 Å². The average Bonchev–Trinajstić information content (AvgIpc) is 3.18. The summed E-state index contributed by atoms with van der Waals surface area (Å²) in [5, 5.41) is 18.3. The van der Waals surface area contributed by atoms with E-state index in [-0.39, 0.29) is 5.75 Å². The smallest absolute Gasteiger partial charge is 0.313 e. The Morgan fingerprint density at radius 2 is 2.14 bits per heavy atom. The summed E-state index contributed by atoms with van der Waals surface area (Å²) in [5.41, 5.74) is 0. The molecule has 2 heterocycles. The minimum Gasteiger partial charge on any atom is -0.481 e. The fourth-order valence-electron chi connectivity index (χ4n) is 3.17. The number of carbonyl (C=O) groups is 1. The highest BCUT2D eigenvalue weighted by Gasteiger charge is 2.36. The maximum absolute atomic E-state index is 10.8. The lowest BCUT2D eigenvalue weighted by atomic mass is 9.94. The van der Waals surface area contributed by atoms with E-state index in [2.05, 4.69) is 33.6 Å².